The lowest BCUT2D eigenvalue weighted by Crippen LogP contribution is -2.49. The number of hydrogen-bond acceptors (Lipinski definition) is 4. The van der Waals surface area contributed by atoms with E-state index in [2.05, 4.69) is 4.90 Å². The van der Waals surface area contributed by atoms with Gasteiger partial charge in [-0.05, 0) is 30.2 Å². The normalized spacial score (nSPS) is 16.6. The zero-order valence-electron chi connectivity index (χ0n) is 14.6. The second-order valence-corrected chi connectivity index (χ2v) is 6.59. The lowest BCUT2D eigenvalue weighted by atomic mass is 10.1. The molecule has 2 aromatic rings. The number of amides is 1. The summed E-state index contributed by atoms with van der Waals surface area (Å²) in [6.07, 6.45) is -0.500. The fraction of sp³-hybridized carbons (Fsp3) is 0.350. The summed E-state index contributed by atoms with van der Waals surface area (Å²) in [6, 6.07) is 15.1. The maximum absolute atomic E-state index is 12.7. The quantitative estimate of drug-likeness (QED) is 0.837. The molecular weight excluding hydrogens is 314 g/mol. The van der Waals surface area contributed by atoms with Gasteiger partial charge in [0.2, 0.25) is 0 Å². The molecule has 1 atom stereocenters. The van der Waals surface area contributed by atoms with Crippen LogP contribution in [0.3, 0.4) is 0 Å². The van der Waals surface area contributed by atoms with Crippen molar-refractivity contribution in [1.29, 1.82) is 0 Å². The third-order valence-electron chi connectivity index (χ3n) is 4.77. The van der Waals surface area contributed by atoms with Crippen LogP contribution in [0.4, 0.5) is 5.69 Å². The second kappa shape index (κ2) is 7.68. The Morgan fingerprint density at radius 3 is 2.48 bits per heavy atom. The monoisotopic (exact) mass is 339 g/mol. The number of aryl methyl sites for hydroxylation is 1. The number of β-amino-alcohol motifs (C(OH)–C–C–N with tert-alkyl or cyclic N) is 1. The maximum Gasteiger partial charge on any atom is 0.254 e. The van der Waals surface area contributed by atoms with Gasteiger partial charge in [0.15, 0.2) is 0 Å². The third kappa shape index (κ3) is 4.18. The van der Waals surface area contributed by atoms with Gasteiger partial charge in [-0.1, -0.05) is 36.4 Å². The molecule has 1 fully saturated rings. The highest BCUT2D eigenvalue weighted by Crippen LogP contribution is 2.18. The lowest BCUT2D eigenvalue weighted by Gasteiger charge is -2.36. The van der Waals surface area contributed by atoms with Crippen molar-refractivity contribution in [2.24, 2.45) is 0 Å². The number of benzene rings is 2. The predicted molar refractivity (Wildman–Crippen MR) is 99.3 cm³/mol. The molecule has 0 aromatic heterocycles. The lowest BCUT2D eigenvalue weighted by molar-refractivity contribution is 0.0527. The van der Waals surface area contributed by atoms with Gasteiger partial charge in [0.05, 0.1) is 6.10 Å². The van der Waals surface area contributed by atoms with Crippen LogP contribution < -0.4 is 5.73 Å². The Balaban J connectivity index is 1.56. The molecule has 3 rings (SSSR count). The topological polar surface area (TPSA) is 69.8 Å². The third-order valence-corrected chi connectivity index (χ3v) is 4.77. The number of rotatable bonds is 4. The minimum Gasteiger partial charge on any atom is -0.399 e. The Hall–Kier alpha value is -2.37. The summed E-state index contributed by atoms with van der Waals surface area (Å²) in [7, 11) is 0. The van der Waals surface area contributed by atoms with Crippen LogP contribution in [0, 0.1) is 6.92 Å². The first-order valence-electron chi connectivity index (χ1n) is 8.65. The smallest absolute Gasteiger partial charge is 0.254 e. The number of carbonyl (C=O) groups is 1. The summed E-state index contributed by atoms with van der Waals surface area (Å²) in [5, 5.41) is 10.4. The van der Waals surface area contributed by atoms with Crippen LogP contribution in [0.5, 0.6) is 0 Å². The first-order valence-corrected chi connectivity index (χ1v) is 8.65. The molecule has 5 heteroatoms. The van der Waals surface area contributed by atoms with Crippen molar-refractivity contribution in [2.75, 3.05) is 38.5 Å². The highest BCUT2D eigenvalue weighted by atomic mass is 16.3. The van der Waals surface area contributed by atoms with Crippen LogP contribution in [-0.4, -0.2) is 53.5 Å². The Kier molecular flexibility index (Phi) is 5.36. The molecule has 132 valence electrons. The van der Waals surface area contributed by atoms with Crippen molar-refractivity contribution >= 4 is 11.6 Å². The number of carbonyl (C=O) groups excluding carboxylic acids is 1. The molecule has 0 saturated carbocycles. The molecule has 5 nitrogen and oxygen atoms in total. The number of hydrogen-bond donors (Lipinski definition) is 2. The van der Waals surface area contributed by atoms with E-state index in [0.717, 1.165) is 24.2 Å². The van der Waals surface area contributed by atoms with E-state index in [9.17, 15) is 9.90 Å². The van der Waals surface area contributed by atoms with Crippen molar-refractivity contribution in [3.05, 3.63) is 65.2 Å². The summed E-state index contributed by atoms with van der Waals surface area (Å²) in [5.41, 5.74) is 8.98. The van der Waals surface area contributed by atoms with Gasteiger partial charge in [0.1, 0.15) is 0 Å². The van der Waals surface area contributed by atoms with E-state index in [-0.39, 0.29) is 5.91 Å². The predicted octanol–water partition coefficient (Wildman–Crippen LogP) is 2.07. The first-order chi connectivity index (χ1) is 12.0. The summed E-state index contributed by atoms with van der Waals surface area (Å²) in [4.78, 5) is 16.8. The van der Waals surface area contributed by atoms with E-state index in [1.807, 2.05) is 54.3 Å². The SMILES string of the molecule is Cc1ccc(N)cc1C(=O)N1CCN(CC(O)c2ccccc2)CC1. The molecule has 1 amide bonds. The van der Waals surface area contributed by atoms with Crippen LogP contribution in [0.25, 0.3) is 0 Å². The highest BCUT2D eigenvalue weighted by molar-refractivity contribution is 5.96. The number of nitrogen functional groups attached to an aromatic ring is 1. The summed E-state index contributed by atoms with van der Waals surface area (Å²) in [5.74, 6) is 0.0352. The Bertz CT molecular complexity index is 725. The van der Waals surface area contributed by atoms with Gasteiger partial charge < -0.3 is 15.7 Å². The van der Waals surface area contributed by atoms with Gasteiger partial charge >= 0.3 is 0 Å². The van der Waals surface area contributed by atoms with Crippen LogP contribution >= 0.6 is 0 Å². The fourth-order valence-corrected chi connectivity index (χ4v) is 3.20. The minimum atomic E-state index is -0.500. The molecular formula is C20H25N3O2. The molecule has 1 heterocycles. The zero-order valence-corrected chi connectivity index (χ0v) is 14.6. The molecule has 0 bridgehead atoms. The number of anilines is 1. The van der Waals surface area contributed by atoms with Crippen molar-refractivity contribution in [2.45, 2.75) is 13.0 Å². The molecule has 1 aliphatic heterocycles. The Morgan fingerprint density at radius 1 is 1.12 bits per heavy atom. The standard InChI is InChI=1S/C20H25N3O2/c1-15-7-8-17(21)13-18(15)20(25)23-11-9-22(10-12-23)14-19(24)16-5-3-2-4-6-16/h2-8,13,19,24H,9-12,14,21H2,1H3. The Labute approximate surface area is 148 Å². The summed E-state index contributed by atoms with van der Waals surface area (Å²) in [6.45, 7) is 5.36. The Morgan fingerprint density at radius 2 is 1.80 bits per heavy atom. The van der Waals surface area contributed by atoms with E-state index < -0.39 is 6.10 Å². The molecule has 0 spiro atoms. The van der Waals surface area contributed by atoms with Gasteiger partial charge in [0.25, 0.3) is 5.91 Å². The molecule has 3 N–H and O–H groups in total. The van der Waals surface area contributed by atoms with E-state index in [4.69, 9.17) is 5.73 Å². The van der Waals surface area contributed by atoms with Crippen molar-refractivity contribution in [3.8, 4) is 0 Å². The number of piperazine rings is 1. The molecule has 0 aliphatic carbocycles. The van der Waals surface area contributed by atoms with Gasteiger partial charge in [-0.25, -0.2) is 0 Å². The fourth-order valence-electron chi connectivity index (χ4n) is 3.20. The maximum atomic E-state index is 12.7. The number of aliphatic hydroxyl groups is 1. The average molecular weight is 339 g/mol. The van der Waals surface area contributed by atoms with Crippen molar-refractivity contribution in [3.63, 3.8) is 0 Å². The highest BCUT2D eigenvalue weighted by Gasteiger charge is 2.24. The van der Waals surface area contributed by atoms with Gasteiger partial charge in [-0.2, -0.15) is 0 Å². The van der Waals surface area contributed by atoms with E-state index >= 15 is 0 Å². The zero-order chi connectivity index (χ0) is 17.8. The van der Waals surface area contributed by atoms with Crippen LogP contribution in [0.1, 0.15) is 27.6 Å². The van der Waals surface area contributed by atoms with Crippen LogP contribution in [-0.2, 0) is 0 Å². The average Bonchev–Trinajstić information content (AvgIpc) is 2.64. The molecule has 0 radical (unpaired) electrons. The van der Waals surface area contributed by atoms with Crippen molar-refractivity contribution in [1.82, 2.24) is 9.80 Å². The van der Waals surface area contributed by atoms with Gasteiger partial charge in [-0.3, -0.25) is 9.69 Å². The van der Waals surface area contributed by atoms with E-state index in [0.29, 0.717) is 30.9 Å². The number of nitrogens with two attached hydrogens (primary N) is 1. The van der Waals surface area contributed by atoms with Crippen molar-refractivity contribution < 1.29 is 9.90 Å². The van der Waals surface area contributed by atoms with Gasteiger partial charge in [-0.15, -0.1) is 0 Å². The molecule has 1 aliphatic rings. The minimum absolute atomic E-state index is 0.0352. The molecule has 1 saturated heterocycles. The first kappa shape index (κ1) is 17.5. The molecule has 25 heavy (non-hydrogen) atoms. The van der Waals surface area contributed by atoms with E-state index in [1.54, 1.807) is 6.07 Å². The second-order valence-electron chi connectivity index (χ2n) is 6.59. The van der Waals surface area contributed by atoms with Crippen LogP contribution in [0.2, 0.25) is 0 Å². The van der Waals surface area contributed by atoms with E-state index in [1.165, 1.54) is 0 Å². The van der Waals surface area contributed by atoms with Crippen LogP contribution in [0.15, 0.2) is 48.5 Å². The number of aliphatic hydroxyl groups excluding tert-OH is 1. The molecule has 1 unspecified atom stereocenters. The van der Waals surface area contributed by atoms with Gasteiger partial charge in [0, 0.05) is 44.0 Å². The number of nitrogens with zero attached hydrogens (tertiary/aromatic N) is 2. The summed E-state index contributed by atoms with van der Waals surface area (Å²) < 4.78 is 0. The molecule has 2 aromatic carbocycles. The summed E-state index contributed by atoms with van der Waals surface area (Å²) >= 11 is 0. The largest absolute Gasteiger partial charge is 0.399 e.